The molecule has 0 unspecified atom stereocenters. The van der Waals surface area contributed by atoms with E-state index in [0.717, 1.165) is 6.26 Å². The summed E-state index contributed by atoms with van der Waals surface area (Å²) in [6.07, 6.45) is -0.0628. The normalized spacial score (nSPS) is 32.6. The molecule has 0 radical (unpaired) electrons. The quantitative estimate of drug-likeness (QED) is 0.398. The Labute approximate surface area is 151 Å². The van der Waals surface area contributed by atoms with Crippen LogP contribution < -0.4 is 10.6 Å². The first-order valence-corrected chi connectivity index (χ1v) is 8.45. The zero-order valence-electron chi connectivity index (χ0n) is 15.0. The van der Waals surface area contributed by atoms with Crippen LogP contribution in [0.4, 0.5) is 0 Å². The molecule has 0 aromatic heterocycles. The van der Waals surface area contributed by atoms with Gasteiger partial charge in [-0.15, -0.1) is 0 Å². The number of nitrogens with one attached hydrogen (secondary N) is 2. The summed E-state index contributed by atoms with van der Waals surface area (Å²) < 4.78 is 9.88. The summed E-state index contributed by atoms with van der Waals surface area (Å²) in [5.41, 5.74) is -1.55. The van der Waals surface area contributed by atoms with E-state index in [1.807, 2.05) is 0 Å². The third-order valence-corrected chi connectivity index (χ3v) is 4.89. The van der Waals surface area contributed by atoms with E-state index in [1.165, 1.54) is 13.8 Å². The van der Waals surface area contributed by atoms with Crippen LogP contribution in [-0.2, 0) is 28.7 Å². The van der Waals surface area contributed by atoms with E-state index >= 15 is 0 Å². The van der Waals surface area contributed by atoms with Crippen molar-refractivity contribution in [1.82, 2.24) is 10.6 Å². The van der Waals surface area contributed by atoms with Crippen LogP contribution >= 0.6 is 0 Å². The number of aliphatic hydroxyl groups is 1. The van der Waals surface area contributed by atoms with Gasteiger partial charge in [0, 0.05) is 25.2 Å². The lowest BCUT2D eigenvalue weighted by Crippen LogP contribution is -2.60. The number of fused-ring (bicyclic) bond motifs is 1. The molecule has 0 heterocycles. The van der Waals surface area contributed by atoms with E-state index in [2.05, 4.69) is 17.2 Å². The number of amides is 2. The molecule has 2 saturated carbocycles. The third kappa shape index (κ3) is 3.44. The minimum absolute atomic E-state index is 0.0719. The fraction of sp³-hybridized carbons (Fsp3) is 0.647. The summed E-state index contributed by atoms with van der Waals surface area (Å²) in [6.45, 7) is 7.74. The lowest BCUT2D eigenvalue weighted by Gasteiger charge is -2.32. The molecule has 9 nitrogen and oxygen atoms in total. The topological polar surface area (TPSA) is 131 Å². The minimum Gasteiger partial charge on any atom is -0.464 e. The maximum atomic E-state index is 12.6. The molecule has 0 aromatic rings. The maximum absolute atomic E-state index is 12.6. The molecule has 144 valence electrons. The molecule has 2 rings (SSSR count). The van der Waals surface area contributed by atoms with Gasteiger partial charge in [0.25, 0.3) is 0 Å². The molecule has 2 aliphatic rings. The van der Waals surface area contributed by atoms with Gasteiger partial charge in [-0.25, -0.2) is 4.79 Å². The zero-order valence-corrected chi connectivity index (χ0v) is 15.0. The number of carbonyl (C=O) groups is 4. The third-order valence-electron chi connectivity index (χ3n) is 4.89. The van der Waals surface area contributed by atoms with Gasteiger partial charge >= 0.3 is 11.9 Å². The van der Waals surface area contributed by atoms with Gasteiger partial charge in [-0.05, 0) is 13.8 Å². The van der Waals surface area contributed by atoms with Gasteiger partial charge in [0.05, 0.1) is 24.9 Å². The van der Waals surface area contributed by atoms with Gasteiger partial charge in [-0.3, -0.25) is 14.4 Å². The molecule has 9 heteroatoms. The van der Waals surface area contributed by atoms with Gasteiger partial charge in [-0.2, -0.15) is 0 Å². The van der Waals surface area contributed by atoms with E-state index in [-0.39, 0.29) is 13.0 Å². The molecule has 0 saturated heterocycles. The summed E-state index contributed by atoms with van der Waals surface area (Å²) in [6, 6.07) is -0.896. The first kappa shape index (κ1) is 19.9. The Morgan fingerprint density at radius 1 is 1.38 bits per heavy atom. The molecule has 2 amide bonds. The predicted molar refractivity (Wildman–Crippen MR) is 88.2 cm³/mol. The lowest BCUT2D eigenvalue weighted by molar-refractivity contribution is -0.156. The second-order valence-electron chi connectivity index (χ2n) is 6.61. The molecule has 0 aliphatic heterocycles. The van der Waals surface area contributed by atoms with Crippen molar-refractivity contribution in [2.24, 2.45) is 17.8 Å². The van der Waals surface area contributed by atoms with Gasteiger partial charge in [0.15, 0.2) is 0 Å². The van der Waals surface area contributed by atoms with Crippen molar-refractivity contribution in [3.05, 3.63) is 12.8 Å². The fourth-order valence-corrected chi connectivity index (χ4v) is 3.88. The molecule has 6 atom stereocenters. The SMILES string of the molecule is C=COC(=O)[C@H]1[C@H]2[C@@H]1[C@@](NC(=O)[C@H](C)NC(C)=O)(C(=O)OCC)C[C@@H]2O. The number of rotatable bonds is 7. The van der Waals surface area contributed by atoms with Gasteiger partial charge in [0.2, 0.25) is 11.8 Å². The average molecular weight is 368 g/mol. The van der Waals surface area contributed by atoms with Crippen molar-refractivity contribution in [3.63, 3.8) is 0 Å². The Bertz CT molecular complexity index is 635. The second-order valence-corrected chi connectivity index (χ2v) is 6.61. The van der Waals surface area contributed by atoms with E-state index in [1.54, 1.807) is 6.92 Å². The number of aliphatic hydroxyl groups excluding tert-OH is 1. The summed E-state index contributed by atoms with van der Waals surface area (Å²) >= 11 is 0. The van der Waals surface area contributed by atoms with Crippen molar-refractivity contribution in [2.45, 2.75) is 44.9 Å². The highest BCUT2D eigenvalue weighted by Gasteiger charge is 2.76. The Morgan fingerprint density at radius 3 is 2.58 bits per heavy atom. The van der Waals surface area contributed by atoms with E-state index in [4.69, 9.17) is 9.47 Å². The molecular weight excluding hydrogens is 344 g/mol. The lowest BCUT2D eigenvalue weighted by atomic mass is 9.89. The first-order chi connectivity index (χ1) is 12.2. The molecule has 0 aromatic carbocycles. The minimum atomic E-state index is -1.55. The molecule has 0 spiro atoms. The van der Waals surface area contributed by atoms with Crippen LogP contribution in [0.3, 0.4) is 0 Å². The van der Waals surface area contributed by atoms with Gasteiger partial charge in [-0.1, -0.05) is 6.58 Å². The fourth-order valence-electron chi connectivity index (χ4n) is 3.88. The first-order valence-electron chi connectivity index (χ1n) is 8.45. The Balaban J connectivity index is 2.27. The van der Waals surface area contributed by atoms with Crippen LogP contribution in [0.15, 0.2) is 12.8 Å². The smallest absolute Gasteiger partial charge is 0.332 e. The summed E-state index contributed by atoms with van der Waals surface area (Å²) in [5, 5.41) is 15.4. The number of hydrogen-bond donors (Lipinski definition) is 3. The van der Waals surface area contributed by atoms with Crippen LogP contribution in [-0.4, -0.2) is 53.2 Å². The Hall–Kier alpha value is -2.42. The molecule has 0 bridgehead atoms. The Morgan fingerprint density at radius 2 is 2.04 bits per heavy atom. The van der Waals surface area contributed by atoms with E-state index < -0.39 is 59.2 Å². The predicted octanol–water partition coefficient (Wildman–Crippen LogP) is -0.757. The van der Waals surface area contributed by atoms with Gasteiger partial charge in [0.1, 0.15) is 11.6 Å². The summed E-state index contributed by atoms with van der Waals surface area (Å²) in [7, 11) is 0. The van der Waals surface area contributed by atoms with Gasteiger partial charge < -0.3 is 25.2 Å². The van der Waals surface area contributed by atoms with E-state index in [0.29, 0.717) is 0 Å². The number of hydrogen-bond acceptors (Lipinski definition) is 7. The van der Waals surface area contributed by atoms with Crippen molar-refractivity contribution in [2.75, 3.05) is 6.61 Å². The summed E-state index contributed by atoms with van der Waals surface area (Å²) in [5.74, 6) is -4.24. The van der Waals surface area contributed by atoms with Crippen LogP contribution in [0, 0.1) is 17.8 Å². The van der Waals surface area contributed by atoms with Crippen molar-refractivity contribution >= 4 is 23.8 Å². The van der Waals surface area contributed by atoms with Crippen LogP contribution in [0.25, 0.3) is 0 Å². The highest BCUT2D eigenvalue weighted by Crippen LogP contribution is 2.63. The largest absolute Gasteiger partial charge is 0.464 e. The molecule has 3 N–H and O–H groups in total. The highest BCUT2D eigenvalue weighted by atomic mass is 16.5. The van der Waals surface area contributed by atoms with Crippen LogP contribution in [0.2, 0.25) is 0 Å². The Kier molecular flexibility index (Phi) is 5.70. The molecule has 26 heavy (non-hydrogen) atoms. The zero-order chi connectivity index (χ0) is 19.6. The van der Waals surface area contributed by atoms with Crippen LogP contribution in [0.5, 0.6) is 0 Å². The van der Waals surface area contributed by atoms with Crippen molar-refractivity contribution in [1.29, 1.82) is 0 Å². The average Bonchev–Trinajstić information content (AvgIpc) is 3.23. The second kappa shape index (κ2) is 7.45. The van der Waals surface area contributed by atoms with E-state index in [9.17, 15) is 24.3 Å². The van der Waals surface area contributed by atoms with Crippen LogP contribution in [0.1, 0.15) is 27.2 Å². The standard InChI is InChI=1S/C17H24N2O7/c1-5-25-15(23)12-11-10(21)7-17(13(11)12,16(24)26-6-2)19-14(22)8(3)18-9(4)20/h5,8,10-13,21H,1,6-7H2,2-4H3,(H,18,20)(H,19,22)/t8-,10-,11-,12-,13-,17+/m0/s1. The molecule has 2 fully saturated rings. The van der Waals surface area contributed by atoms with Crippen molar-refractivity contribution in [3.8, 4) is 0 Å². The number of carbonyl (C=O) groups excluding carboxylic acids is 4. The monoisotopic (exact) mass is 368 g/mol. The highest BCUT2D eigenvalue weighted by molar-refractivity contribution is 5.94. The maximum Gasteiger partial charge on any atom is 0.332 e. The summed E-state index contributed by atoms with van der Waals surface area (Å²) in [4.78, 5) is 48.4. The number of esters is 2. The molecule has 2 aliphatic carbocycles. The van der Waals surface area contributed by atoms with Crippen molar-refractivity contribution < 1.29 is 33.8 Å². The molecular formula is C17H24N2O7. The number of ether oxygens (including phenoxy) is 2.